The van der Waals surface area contributed by atoms with Gasteiger partial charge in [-0.05, 0) is 30.9 Å². The van der Waals surface area contributed by atoms with Gasteiger partial charge in [-0.15, -0.1) is 0 Å². The molecule has 26 heavy (non-hydrogen) atoms. The number of hydrogen-bond acceptors (Lipinski definition) is 6. The Balaban J connectivity index is 1.86. The van der Waals surface area contributed by atoms with E-state index in [1.165, 1.54) is 16.4 Å². The smallest absolute Gasteiger partial charge is 0.272 e. The van der Waals surface area contributed by atoms with Gasteiger partial charge in [0.2, 0.25) is 10.0 Å². The molecule has 0 bridgehead atoms. The maximum Gasteiger partial charge on any atom is 0.295 e. The number of allylic oxidation sites excluding steroid dienone is 2. The predicted molar refractivity (Wildman–Crippen MR) is 99.6 cm³/mol. The lowest BCUT2D eigenvalue weighted by molar-refractivity contribution is -0.384. The molecule has 3 rings (SSSR count). The first-order valence-electron chi connectivity index (χ1n) is 8.66. The molecule has 1 saturated carbocycles. The fourth-order valence-electron chi connectivity index (χ4n) is 3.43. The molecule has 9 heteroatoms. The average Bonchev–Trinajstić information content (AvgIpc) is 2.96. The van der Waals surface area contributed by atoms with E-state index in [0.717, 1.165) is 24.6 Å². The largest absolute Gasteiger partial charge is 0.295 e. The van der Waals surface area contributed by atoms with Crippen LogP contribution in [0.4, 0.5) is 11.4 Å². The number of fused-ring (bicyclic) bond motifs is 1. The summed E-state index contributed by atoms with van der Waals surface area (Å²) >= 11 is 0. The van der Waals surface area contributed by atoms with E-state index in [-0.39, 0.29) is 16.3 Å². The highest BCUT2D eigenvalue weighted by atomic mass is 32.2. The topological polar surface area (TPSA) is 105 Å². The lowest BCUT2D eigenvalue weighted by Crippen LogP contribution is -2.33. The van der Waals surface area contributed by atoms with Gasteiger partial charge in [-0.2, -0.15) is 9.41 Å². The summed E-state index contributed by atoms with van der Waals surface area (Å²) in [5.41, 5.74) is 3.64. The molecule has 0 saturated heterocycles. The van der Waals surface area contributed by atoms with Crippen LogP contribution in [0.3, 0.4) is 0 Å². The quantitative estimate of drug-likeness (QED) is 0.446. The molecule has 1 fully saturated rings. The van der Waals surface area contributed by atoms with Crippen molar-refractivity contribution in [3.8, 4) is 0 Å². The Hall–Kier alpha value is -2.26. The number of hydrogen-bond donors (Lipinski definition) is 1. The molecule has 8 nitrogen and oxygen atoms in total. The van der Waals surface area contributed by atoms with Gasteiger partial charge in [0.05, 0.1) is 9.82 Å². The van der Waals surface area contributed by atoms with Crippen molar-refractivity contribution in [2.24, 2.45) is 16.9 Å². The third-order valence-electron chi connectivity index (χ3n) is 4.99. The number of nitrogens with one attached hydrogen (secondary N) is 1. The first kappa shape index (κ1) is 18.5. The van der Waals surface area contributed by atoms with E-state index in [1.54, 1.807) is 13.8 Å². The van der Waals surface area contributed by atoms with E-state index < -0.39 is 14.9 Å². The van der Waals surface area contributed by atoms with Gasteiger partial charge in [-0.25, -0.2) is 8.42 Å². The molecule has 0 spiro atoms. The first-order valence-corrected chi connectivity index (χ1v) is 10.1. The van der Waals surface area contributed by atoms with Crippen LogP contribution in [0, 0.1) is 22.0 Å². The second-order valence-electron chi connectivity index (χ2n) is 6.38. The molecule has 1 aromatic carbocycles. The van der Waals surface area contributed by atoms with Gasteiger partial charge in [0.15, 0.2) is 0 Å². The molecule has 0 aliphatic heterocycles. The van der Waals surface area contributed by atoms with Crippen molar-refractivity contribution >= 4 is 27.1 Å². The van der Waals surface area contributed by atoms with Gasteiger partial charge in [0.25, 0.3) is 5.69 Å². The second kappa shape index (κ2) is 7.16. The van der Waals surface area contributed by atoms with Crippen molar-refractivity contribution in [2.75, 3.05) is 18.5 Å². The zero-order valence-electron chi connectivity index (χ0n) is 14.8. The highest BCUT2D eigenvalue weighted by Gasteiger charge is 2.38. The van der Waals surface area contributed by atoms with Crippen LogP contribution >= 0.6 is 0 Å². The zero-order chi connectivity index (χ0) is 18.9. The van der Waals surface area contributed by atoms with E-state index in [4.69, 9.17) is 0 Å². The molecular formula is C17H22N4O4S. The Morgan fingerprint density at radius 2 is 2.08 bits per heavy atom. The predicted octanol–water partition coefficient (Wildman–Crippen LogP) is 2.99. The molecule has 0 heterocycles. The molecule has 0 unspecified atom stereocenters. The summed E-state index contributed by atoms with van der Waals surface area (Å²) in [5, 5.41) is 15.7. The number of anilines is 1. The average molecular weight is 378 g/mol. The summed E-state index contributed by atoms with van der Waals surface area (Å²) < 4.78 is 26.4. The van der Waals surface area contributed by atoms with Crippen molar-refractivity contribution in [2.45, 2.75) is 31.6 Å². The van der Waals surface area contributed by atoms with Crippen molar-refractivity contribution in [1.29, 1.82) is 0 Å². The number of rotatable bonds is 7. The van der Waals surface area contributed by atoms with Gasteiger partial charge >= 0.3 is 0 Å². The fourth-order valence-corrected chi connectivity index (χ4v) is 4.90. The molecule has 0 aromatic heterocycles. The van der Waals surface area contributed by atoms with Crippen molar-refractivity contribution < 1.29 is 13.3 Å². The SMILES string of the molecule is CCN(CC)S(=O)(=O)c1ccc(N/N=C2/C[C@@H]3C=CC[C@H]23)c([N+](=O)[O-])c1. The molecule has 2 atom stereocenters. The van der Waals surface area contributed by atoms with Gasteiger partial charge < -0.3 is 0 Å². The zero-order valence-corrected chi connectivity index (χ0v) is 15.6. The number of benzene rings is 1. The van der Waals surface area contributed by atoms with Crippen LogP contribution in [0.1, 0.15) is 26.7 Å². The minimum atomic E-state index is -3.75. The van der Waals surface area contributed by atoms with E-state index in [0.29, 0.717) is 24.9 Å². The van der Waals surface area contributed by atoms with Crippen molar-refractivity contribution in [1.82, 2.24) is 4.31 Å². The molecule has 0 amide bonds. The molecule has 140 valence electrons. The summed E-state index contributed by atoms with van der Waals surface area (Å²) in [6, 6.07) is 3.88. The lowest BCUT2D eigenvalue weighted by Gasteiger charge is -2.31. The molecule has 0 radical (unpaired) electrons. The summed E-state index contributed by atoms with van der Waals surface area (Å²) in [5.74, 6) is 0.927. The molecule has 1 aromatic rings. The van der Waals surface area contributed by atoms with Gasteiger partial charge in [-0.3, -0.25) is 15.5 Å². The first-order chi connectivity index (χ1) is 12.4. The fraction of sp³-hybridized carbons (Fsp3) is 0.471. The van der Waals surface area contributed by atoms with Gasteiger partial charge in [-0.1, -0.05) is 26.0 Å². The van der Waals surface area contributed by atoms with Crippen LogP contribution in [-0.2, 0) is 10.0 Å². The Bertz CT molecular complexity index is 875. The summed E-state index contributed by atoms with van der Waals surface area (Å²) in [6.07, 6.45) is 6.12. The minimum absolute atomic E-state index is 0.0881. The molecule has 2 aliphatic rings. The molecule has 1 N–H and O–H groups in total. The highest BCUT2D eigenvalue weighted by molar-refractivity contribution is 7.89. The van der Waals surface area contributed by atoms with Gasteiger partial charge in [0, 0.05) is 30.8 Å². The van der Waals surface area contributed by atoms with E-state index in [2.05, 4.69) is 22.7 Å². The lowest BCUT2D eigenvalue weighted by atomic mass is 9.74. The summed E-state index contributed by atoms with van der Waals surface area (Å²) in [6.45, 7) is 4.06. The number of nitro groups is 1. The van der Waals surface area contributed by atoms with Crippen molar-refractivity contribution in [3.63, 3.8) is 0 Å². The Kier molecular flexibility index (Phi) is 5.10. The van der Waals surface area contributed by atoms with Gasteiger partial charge in [0.1, 0.15) is 5.69 Å². The Labute approximate surface area is 152 Å². The van der Waals surface area contributed by atoms with E-state index in [1.807, 2.05) is 0 Å². The van der Waals surface area contributed by atoms with Crippen molar-refractivity contribution in [3.05, 3.63) is 40.5 Å². The van der Waals surface area contributed by atoms with Crippen LogP contribution < -0.4 is 5.43 Å². The monoisotopic (exact) mass is 378 g/mol. The number of nitro benzene ring substituents is 1. The van der Waals surface area contributed by atoms with Crippen LogP contribution in [0.2, 0.25) is 0 Å². The van der Waals surface area contributed by atoms with E-state index >= 15 is 0 Å². The maximum atomic E-state index is 12.6. The van der Waals surface area contributed by atoms with Crippen LogP contribution in [-0.4, -0.2) is 36.4 Å². The summed E-state index contributed by atoms with van der Waals surface area (Å²) in [7, 11) is -3.75. The number of hydrazone groups is 1. The highest BCUT2D eigenvalue weighted by Crippen LogP contribution is 2.40. The minimum Gasteiger partial charge on any atom is -0.272 e. The molecular weight excluding hydrogens is 356 g/mol. The maximum absolute atomic E-state index is 12.6. The normalized spacial score (nSPS) is 23.1. The van der Waals surface area contributed by atoms with Crippen LogP contribution in [0.15, 0.2) is 40.3 Å². The summed E-state index contributed by atoms with van der Waals surface area (Å²) in [4.78, 5) is 10.7. The number of sulfonamides is 1. The Morgan fingerprint density at radius 1 is 1.35 bits per heavy atom. The van der Waals surface area contributed by atoms with E-state index in [9.17, 15) is 18.5 Å². The van der Waals surface area contributed by atoms with Crippen LogP contribution in [0.5, 0.6) is 0 Å². The number of nitrogens with zero attached hydrogens (tertiary/aromatic N) is 3. The Morgan fingerprint density at radius 3 is 2.69 bits per heavy atom. The molecule has 2 aliphatic carbocycles. The van der Waals surface area contributed by atoms with Crippen LogP contribution in [0.25, 0.3) is 0 Å². The third-order valence-corrected chi connectivity index (χ3v) is 7.04. The third kappa shape index (κ3) is 3.24. The second-order valence-corrected chi connectivity index (χ2v) is 8.32. The standard InChI is InChI=1S/C17H22N4O4S/c1-3-20(4-2)26(24,25)13-8-9-15(17(11-13)21(22)23)18-19-16-10-12-6-5-7-14(12)16/h5-6,8-9,11-12,14,18H,3-4,7,10H2,1-2H3/b19-16-/t12-,14-/m0/s1.